The van der Waals surface area contributed by atoms with E-state index in [2.05, 4.69) is 44.7 Å². The Hall–Kier alpha value is -3.32. The summed E-state index contributed by atoms with van der Waals surface area (Å²) in [5, 5.41) is 8.13. The second-order valence-electron chi connectivity index (χ2n) is 5.42. The van der Waals surface area contributed by atoms with Gasteiger partial charge in [-0.3, -0.25) is 0 Å². The molecular weight excluding hydrogens is 326 g/mol. The van der Waals surface area contributed by atoms with E-state index in [1.165, 1.54) is 0 Å². The molecule has 0 bridgehead atoms. The third-order valence-electron chi connectivity index (χ3n) is 3.78. The van der Waals surface area contributed by atoms with Crippen LogP contribution in [0, 0.1) is 0 Å². The number of nitrogens with one attached hydrogen (secondary N) is 2. The number of anilines is 1. The summed E-state index contributed by atoms with van der Waals surface area (Å²) < 4.78 is 0. The van der Waals surface area contributed by atoms with Gasteiger partial charge in [0.25, 0.3) is 0 Å². The van der Waals surface area contributed by atoms with E-state index in [-0.39, 0.29) is 0 Å². The van der Waals surface area contributed by atoms with Crippen molar-refractivity contribution in [3.05, 3.63) is 78.4 Å². The molecule has 0 saturated heterocycles. The predicted octanol–water partition coefficient (Wildman–Crippen LogP) is 1.73. The number of nitrogens with two attached hydrogens (primary N) is 2. The fraction of sp³-hybridized carbons (Fsp3) is 0.158. The van der Waals surface area contributed by atoms with Crippen molar-refractivity contribution < 1.29 is 0 Å². The van der Waals surface area contributed by atoms with Gasteiger partial charge >= 0.3 is 0 Å². The average Bonchev–Trinajstić information content (AvgIpc) is 2.70. The maximum absolute atomic E-state index is 5.43. The van der Waals surface area contributed by atoms with Gasteiger partial charge in [0.15, 0.2) is 11.7 Å². The summed E-state index contributed by atoms with van der Waals surface area (Å²) >= 11 is 0. The molecular formula is C19H25N7. The summed E-state index contributed by atoms with van der Waals surface area (Å²) in [6.45, 7) is 4.59. The van der Waals surface area contributed by atoms with Crippen molar-refractivity contribution in [1.82, 2.24) is 10.9 Å². The van der Waals surface area contributed by atoms with Crippen LogP contribution in [-0.2, 0) is 0 Å². The molecule has 0 aliphatic heterocycles. The Morgan fingerprint density at radius 2 is 1.77 bits per heavy atom. The van der Waals surface area contributed by atoms with Crippen LogP contribution in [0.4, 0.5) is 5.69 Å². The van der Waals surface area contributed by atoms with E-state index in [4.69, 9.17) is 11.7 Å². The molecule has 0 aromatic heterocycles. The molecule has 0 unspecified atom stereocenters. The number of amidine groups is 2. The van der Waals surface area contributed by atoms with E-state index in [0.29, 0.717) is 5.84 Å². The fourth-order valence-corrected chi connectivity index (χ4v) is 2.54. The second kappa shape index (κ2) is 9.85. The van der Waals surface area contributed by atoms with Crippen LogP contribution < -0.4 is 27.4 Å². The molecule has 7 heteroatoms. The number of para-hydroxylation sites is 1. The van der Waals surface area contributed by atoms with Gasteiger partial charge in [0.05, 0.1) is 0 Å². The molecule has 0 radical (unpaired) electrons. The predicted molar refractivity (Wildman–Crippen MR) is 109 cm³/mol. The molecule has 6 N–H and O–H groups in total. The summed E-state index contributed by atoms with van der Waals surface area (Å²) in [6.07, 6.45) is 2.73. The zero-order valence-electron chi connectivity index (χ0n) is 14.9. The van der Waals surface area contributed by atoms with E-state index >= 15 is 0 Å². The monoisotopic (exact) mass is 351 g/mol. The molecule has 0 aliphatic carbocycles. The molecule has 2 aromatic rings. The Labute approximate surface area is 154 Å². The first-order valence-electron chi connectivity index (χ1n) is 8.28. The molecule has 0 fully saturated rings. The Bertz CT molecular complexity index is 751. The topological polar surface area (TPSA) is 104 Å². The van der Waals surface area contributed by atoms with Crippen molar-refractivity contribution in [1.29, 1.82) is 0 Å². The number of hydrazone groups is 2. The molecule has 136 valence electrons. The molecule has 0 amide bonds. The average molecular weight is 351 g/mol. The zero-order chi connectivity index (χ0) is 18.8. The largest absolute Gasteiger partial charge is 0.324 e. The zero-order valence-corrected chi connectivity index (χ0v) is 14.9. The standard InChI is InChI=1S/C19H25N7/c1-3-4-14-26(17-8-6-5-7-9-17)19(25-22-2)16-12-10-15(11-13-16)18(23-20)24-21/h3,5-13,22H,1,4,14,20-21H2,2H3,(H,23,24)/b25-19-. The van der Waals surface area contributed by atoms with E-state index in [0.717, 1.165) is 35.6 Å². The highest BCUT2D eigenvalue weighted by atomic mass is 15.3. The van der Waals surface area contributed by atoms with Crippen LogP contribution >= 0.6 is 0 Å². The van der Waals surface area contributed by atoms with Crippen LogP contribution in [0.5, 0.6) is 0 Å². The van der Waals surface area contributed by atoms with E-state index < -0.39 is 0 Å². The van der Waals surface area contributed by atoms with Gasteiger partial charge in [0, 0.05) is 30.4 Å². The molecule has 0 saturated carbocycles. The van der Waals surface area contributed by atoms with Crippen molar-refractivity contribution in [3.8, 4) is 0 Å². The van der Waals surface area contributed by atoms with Gasteiger partial charge in [0.2, 0.25) is 0 Å². The summed E-state index contributed by atoms with van der Waals surface area (Å²) in [7, 11) is 1.78. The lowest BCUT2D eigenvalue weighted by molar-refractivity contribution is 0.875. The first kappa shape index (κ1) is 19.0. The van der Waals surface area contributed by atoms with Gasteiger partial charge in [-0.1, -0.05) is 48.5 Å². The number of hydrogen-bond acceptors (Lipinski definition) is 5. The van der Waals surface area contributed by atoms with Gasteiger partial charge in [-0.05, 0) is 18.6 Å². The highest BCUT2D eigenvalue weighted by Gasteiger charge is 2.16. The van der Waals surface area contributed by atoms with Crippen molar-refractivity contribution in [2.75, 3.05) is 18.5 Å². The smallest absolute Gasteiger partial charge is 0.166 e. The van der Waals surface area contributed by atoms with Gasteiger partial charge in [-0.15, -0.1) is 6.58 Å². The van der Waals surface area contributed by atoms with E-state index in [1.54, 1.807) is 7.05 Å². The summed E-state index contributed by atoms with van der Waals surface area (Å²) in [5.74, 6) is 12.0. The molecule has 0 atom stereocenters. The van der Waals surface area contributed by atoms with Gasteiger partial charge < -0.3 is 21.6 Å². The number of rotatable bonds is 7. The lowest BCUT2D eigenvalue weighted by Gasteiger charge is -2.26. The quantitative estimate of drug-likeness (QED) is 0.200. The van der Waals surface area contributed by atoms with Crippen molar-refractivity contribution >= 4 is 17.4 Å². The molecule has 26 heavy (non-hydrogen) atoms. The lowest BCUT2D eigenvalue weighted by atomic mass is 10.1. The van der Waals surface area contributed by atoms with Crippen molar-refractivity contribution in [3.63, 3.8) is 0 Å². The summed E-state index contributed by atoms with van der Waals surface area (Å²) in [4.78, 5) is 2.15. The van der Waals surface area contributed by atoms with Crippen LogP contribution in [0.15, 0.2) is 77.5 Å². The Morgan fingerprint density at radius 1 is 1.12 bits per heavy atom. The van der Waals surface area contributed by atoms with E-state index in [1.807, 2.05) is 48.5 Å². The van der Waals surface area contributed by atoms with Gasteiger partial charge in [0.1, 0.15) is 0 Å². The summed E-state index contributed by atoms with van der Waals surface area (Å²) in [6, 6.07) is 17.8. The molecule has 7 nitrogen and oxygen atoms in total. The Balaban J connectivity index is 2.42. The van der Waals surface area contributed by atoms with Crippen LogP contribution in [0.2, 0.25) is 0 Å². The lowest BCUT2D eigenvalue weighted by Crippen LogP contribution is -2.34. The van der Waals surface area contributed by atoms with Crippen LogP contribution in [0.3, 0.4) is 0 Å². The SMILES string of the molecule is C=CCCN(/C(=N\NC)c1ccc(/C(=N/N)NN)cc1)c1ccccc1. The summed E-state index contributed by atoms with van der Waals surface area (Å²) in [5.41, 5.74) is 8.17. The van der Waals surface area contributed by atoms with Crippen molar-refractivity contribution in [2.45, 2.75) is 6.42 Å². The van der Waals surface area contributed by atoms with Crippen LogP contribution in [0.1, 0.15) is 17.5 Å². The van der Waals surface area contributed by atoms with Gasteiger partial charge in [-0.25, -0.2) is 5.84 Å². The maximum Gasteiger partial charge on any atom is 0.166 e. The third-order valence-corrected chi connectivity index (χ3v) is 3.78. The number of nitrogens with zero attached hydrogens (tertiary/aromatic N) is 3. The minimum atomic E-state index is 0.412. The number of hydrogen-bond donors (Lipinski definition) is 4. The third kappa shape index (κ3) is 4.61. The Kier molecular flexibility index (Phi) is 7.20. The van der Waals surface area contributed by atoms with Crippen LogP contribution in [-0.4, -0.2) is 25.3 Å². The molecule has 2 rings (SSSR count). The first-order valence-corrected chi connectivity index (χ1v) is 8.28. The van der Waals surface area contributed by atoms with E-state index in [9.17, 15) is 0 Å². The van der Waals surface area contributed by atoms with Crippen LogP contribution in [0.25, 0.3) is 0 Å². The Morgan fingerprint density at radius 3 is 2.31 bits per heavy atom. The first-order chi connectivity index (χ1) is 12.7. The molecule has 0 heterocycles. The van der Waals surface area contributed by atoms with Gasteiger partial charge in [-0.2, -0.15) is 10.2 Å². The minimum absolute atomic E-state index is 0.412. The number of benzene rings is 2. The molecule has 2 aromatic carbocycles. The highest BCUT2D eigenvalue weighted by Crippen LogP contribution is 2.18. The fourth-order valence-electron chi connectivity index (χ4n) is 2.54. The normalized spacial score (nSPS) is 11.8. The minimum Gasteiger partial charge on any atom is -0.324 e. The maximum atomic E-state index is 5.43. The highest BCUT2D eigenvalue weighted by molar-refractivity contribution is 6.10. The molecule has 0 spiro atoms. The molecule has 0 aliphatic rings. The number of hydrazine groups is 1. The van der Waals surface area contributed by atoms with Crippen molar-refractivity contribution in [2.24, 2.45) is 21.9 Å². The second-order valence-corrected chi connectivity index (χ2v) is 5.42.